The van der Waals surface area contributed by atoms with E-state index in [4.69, 9.17) is 5.73 Å². The molecule has 2 N–H and O–H groups in total. The maximum Gasteiger partial charge on any atom is 0.280 e. The molecule has 7 heteroatoms. The van der Waals surface area contributed by atoms with Crippen molar-refractivity contribution in [2.75, 3.05) is 12.8 Å². The van der Waals surface area contributed by atoms with Crippen LogP contribution < -0.4 is 15.6 Å². The molecule has 0 unspecified atom stereocenters. The Kier molecular flexibility index (Phi) is 3.03. The highest BCUT2D eigenvalue weighted by atomic mass is 19.3. The Morgan fingerprint density at radius 2 is 2.27 bits per heavy atom. The highest BCUT2D eigenvalue weighted by Crippen LogP contribution is 2.28. The van der Waals surface area contributed by atoms with E-state index in [9.17, 15) is 18.7 Å². The molecule has 1 aromatic heterocycles. The summed E-state index contributed by atoms with van der Waals surface area (Å²) in [6.07, 6.45) is -2.91. The number of nitrogen functional groups attached to an aromatic ring is 1. The van der Waals surface area contributed by atoms with Crippen LogP contribution in [-0.4, -0.2) is 18.1 Å². The fourth-order valence-electron chi connectivity index (χ4n) is 1.04. The third-order valence-electron chi connectivity index (χ3n) is 1.64. The quantitative estimate of drug-likeness (QED) is 0.768. The van der Waals surface area contributed by atoms with E-state index in [2.05, 4.69) is 9.72 Å². The van der Waals surface area contributed by atoms with E-state index in [0.717, 1.165) is 13.2 Å². The molecule has 0 spiro atoms. The summed E-state index contributed by atoms with van der Waals surface area (Å²) < 4.78 is 29.1. The predicted octanol–water partition coefficient (Wildman–Crippen LogP) is -0.0265. The van der Waals surface area contributed by atoms with Crippen molar-refractivity contribution >= 4 is 11.7 Å². The number of carboxylic acid groups (broad SMARTS) is 1. The van der Waals surface area contributed by atoms with Crippen LogP contribution in [0.1, 0.15) is 22.6 Å². The van der Waals surface area contributed by atoms with Gasteiger partial charge in [-0.15, -0.1) is 0 Å². The van der Waals surface area contributed by atoms with Crippen LogP contribution in [0.25, 0.3) is 0 Å². The van der Waals surface area contributed by atoms with Crippen LogP contribution in [0.15, 0.2) is 6.07 Å². The molecule has 0 fully saturated rings. The van der Waals surface area contributed by atoms with Gasteiger partial charge in [0.25, 0.3) is 6.43 Å². The molecule has 0 aliphatic rings. The van der Waals surface area contributed by atoms with Crippen molar-refractivity contribution in [1.82, 2.24) is 4.98 Å². The van der Waals surface area contributed by atoms with Crippen LogP contribution in [0, 0.1) is 0 Å². The standard InChI is InChI=1S/C8H8F2N2O3/c1-15-6-3(11)2-4(7(9)10)12-5(6)8(13)14/h2,7H,1H3,(H2,11,12)(H,13,14)/p-1. The summed E-state index contributed by atoms with van der Waals surface area (Å²) in [6, 6.07) is 0.857. The Morgan fingerprint density at radius 3 is 2.67 bits per heavy atom. The second kappa shape index (κ2) is 4.07. The minimum absolute atomic E-state index is 0.220. The molecule has 15 heavy (non-hydrogen) atoms. The lowest BCUT2D eigenvalue weighted by atomic mass is 10.2. The average Bonchev–Trinajstić information content (AvgIpc) is 2.16. The van der Waals surface area contributed by atoms with Crippen molar-refractivity contribution in [3.05, 3.63) is 17.5 Å². The lowest BCUT2D eigenvalue weighted by molar-refractivity contribution is -0.255. The molecule has 0 amide bonds. The molecule has 1 aromatic rings. The highest BCUT2D eigenvalue weighted by Gasteiger charge is 2.17. The highest BCUT2D eigenvalue weighted by molar-refractivity contribution is 5.89. The van der Waals surface area contributed by atoms with Crippen molar-refractivity contribution in [1.29, 1.82) is 0 Å². The van der Waals surface area contributed by atoms with Crippen LogP contribution >= 0.6 is 0 Å². The lowest BCUT2D eigenvalue weighted by Crippen LogP contribution is -2.25. The van der Waals surface area contributed by atoms with Crippen molar-refractivity contribution in [2.45, 2.75) is 6.43 Å². The Morgan fingerprint density at radius 1 is 1.67 bits per heavy atom. The number of halogens is 2. The van der Waals surface area contributed by atoms with Gasteiger partial charge in [0.1, 0.15) is 11.4 Å². The van der Waals surface area contributed by atoms with Crippen molar-refractivity contribution in [3.8, 4) is 5.75 Å². The number of anilines is 1. The van der Waals surface area contributed by atoms with Crippen molar-refractivity contribution < 1.29 is 23.4 Å². The maximum absolute atomic E-state index is 12.3. The van der Waals surface area contributed by atoms with Gasteiger partial charge in [-0.2, -0.15) is 0 Å². The number of pyridine rings is 1. The largest absolute Gasteiger partial charge is 0.543 e. The Balaban J connectivity index is 3.38. The predicted molar refractivity (Wildman–Crippen MR) is 44.5 cm³/mol. The number of rotatable bonds is 3. The average molecular weight is 217 g/mol. The van der Waals surface area contributed by atoms with Gasteiger partial charge in [-0.3, -0.25) is 0 Å². The van der Waals surface area contributed by atoms with Gasteiger partial charge in [0.05, 0.1) is 18.8 Å². The number of carbonyl (C=O) groups excluding carboxylic acids is 1. The summed E-state index contributed by atoms with van der Waals surface area (Å²) in [5, 5.41) is 10.6. The molecule has 0 aromatic carbocycles. The third kappa shape index (κ3) is 2.12. The van der Waals surface area contributed by atoms with Gasteiger partial charge >= 0.3 is 0 Å². The fraction of sp³-hybridized carbons (Fsp3) is 0.250. The second-order valence-electron chi connectivity index (χ2n) is 2.61. The summed E-state index contributed by atoms with van der Waals surface area (Å²) in [5.41, 5.74) is 3.64. The van der Waals surface area contributed by atoms with Gasteiger partial charge in [-0.25, -0.2) is 13.8 Å². The van der Waals surface area contributed by atoms with E-state index in [1.807, 2.05) is 0 Å². The number of aromatic carboxylic acids is 1. The Hall–Kier alpha value is -1.92. The zero-order chi connectivity index (χ0) is 11.6. The van der Waals surface area contributed by atoms with Crippen LogP contribution in [0.5, 0.6) is 5.75 Å². The van der Waals surface area contributed by atoms with E-state index in [1.165, 1.54) is 0 Å². The summed E-state index contributed by atoms with van der Waals surface area (Å²) in [4.78, 5) is 13.7. The van der Waals surface area contributed by atoms with Crippen molar-refractivity contribution in [2.24, 2.45) is 0 Å². The van der Waals surface area contributed by atoms with Gasteiger partial charge in [-0.05, 0) is 6.07 Å². The first-order valence-corrected chi connectivity index (χ1v) is 3.81. The van der Waals surface area contributed by atoms with Gasteiger partial charge < -0.3 is 20.4 Å². The molecule has 0 bridgehead atoms. The van der Waals surface area contributed by atoms with Crippen LogP contribution in [0.3, 0.4) is 0 Å². The lowest BCUT2D eigenvalue weighted by Gasteiger charge is -2.12. The smallest absolute Gasteiger partial charge is 0.280 e. The monoisotopic (exact) mass is 217 g/mol. The molecule has 82 valence electrons. The molecule has 1 heterocycles. The Bertz CT molecular complexity index is 396. The molecule has 0 aliphatic heterocycles. The van der Waals surface area contributed by atoms with Crippen molar-refractivity contribution in [3.63, 3.8) is 0 Å². The number of carboxylic acids is 1. The maximum atomic E-state index is 12.3. The number of carbonyl (C=O) groups is 1. The number of alkyl halides is 2. The first-order chi connectivity index (χ1) is 6.97. The molecular weight excluding hydrogens is 210 g/mol. The summed E-state index contributed by atoms with van der Waals surface area (Å²) in [5.74, 6) is -2.00. The fourth-order valence-corrected chi connectivity index (χ4v) is 1.04. The van der Waals surface area contributed by atoms with Gasteiger partial charge in [0.2, 0.25) is 0 Å². The van der Waals surface area contributed by atoms with E-state index in [0.29, 0.717) is 0 Å². The zero-order valence-corrected chi connectivity index (χ0v) is 7.66. The van der Waals surface area contributed by atoms with Crippen LogP contribution in [0.2, 0.25) is 0 Å². The van der Waals surface area contributed by atoms with E-state index in [-0.39, 0.29) is 11.4 Å². The number of ether oxygens (including phenoxy) is 1. The summed E-state index contributed by atoms with van der Waals surface area (Å²) in [7, 11) is 1.15. The first-order valence-electron chi connectivity index (χ1n) is 3.81. The van der Waals surface area contributed by atoms with Gasteiger partial charge in [0, 0.05) is 0 Å². The number of hydrogen-bond donors (Lipinski definition) is 1. The Labute approximate surface area is 83.5 Å². The summed E-state index contributed by atoms with van der Waals surface area (Å²) in [6.45, 7) is 0. The summed E-state index contributed by atoms with van der Waals surface area (Å²) >= 11 is 0. The van der Waals surface area contributed by atoms with Gasteiger partial charge in [0.15, 0.2) is 5.75 Å². The number of methoxy groups -OCH3 is 1. The van der Waals surface area contributed by atoms with E-state index < -0.39 is 23.8 Å². The molecule has 0 saturated heterocycles. The topological polar surface area (TPSA) is 88.3 Å². The minimum atomic E-state index is -2.91. The first kappa shape index (κ1) is 11.2. The molecule has 0 radical (unpaired) electrons. The number of hydrogen-bond acceptors (Lipinski definition) is 5. The third-order valence-corrected chi connectivity index (χ3v) is 1.64. The van der Waals surface area contributed by atoms with E-state index in [1.54, 1.807) is 0 Å². The van der Waals surface area contributed by atoms with Crippen LogP contribution in [-0.2, 0) is 0 Å². The van der Waals surface area contributed by atoms with Gasteiger partial charge in [-0.1, -0.05) is 0 Å². The van der Waals surface area contributed by atoms with E-state index >= 15 is 0 Å². The number of nitrogens with two attached hydrogens (primary N) is 1. The SMILES string of the molecule is COc1c(N)cc(C(F)F)nc1C(=O)[O-]. The zero-order valence-electron chi connectivity index (χ0n) is 7.66. The number of nitrogens with zero attached hydrogens (tertiary/aromatic N) is 1. The molecule has 1 rings (SSSR count). The van der Waals surface area contributed by atoms with Crippen LogP contribution in [0.4, 0.5) is 14.5 Å². The molecule has 5 nitrogen and oxygen atoms in total. The molecule has 0 aliphatic carbocycles. The second-order valence-corrected chi connectivity index (χ2v) is 2.61. The molecular formula is C8H7F2N2O3-. The minimum Gasteiger partial charge on any atom is -0.543 e. The normalized spacial score (nSPS) is 10.4. The molecule has 0 saturated carbocycles. The number of aromatic nitrogens is 1. The molecule has 0 atom stereocenters.